The summed E-state index contributed by atoms with van der Waals surface area (Å²) in [4.78, 5) is 16.2. The van der Waals surface area contributed by atoms with E-state index >= 15 is 0 Å². The molecule has 3 heterocycles. The lowest BCUT2D eigenvalue weighted by Crippen LogP contribution is -2.16. The topological polar surface area (TPSA) is 51.1 Å². The molecule has 2 aromatic carbocycles. The molecule has 4 aromatic rings. The number of nitrogens with zero attached hydrogens (tertiary/aromatic N) is 4. The van der Waals surface area contributed by atoms with Crippen LogP contribution in [0.2, 0.25) is 5.02 Å². The van der Waals surface area contributed by atoms with Crippen LogP contribution in [0.15, 0.2) is 60.9 Å². The molecule has 6 heteroatoms. The van der Waals surface area contributed by atoms with Gasteiger partial charge in [0, 0.05) is 40.6 Å². The summed E-state index contributed by atoms with van der Waals surface area (Å²) in [5, 5.41) is 1.67. The lowest BCUT2D eigenvalue weighted by molar-refractivity contribution is 0.340. The quantitative estimate of drug-likeness (QED) is 0.455. The summed E-state index contributed by atoms with van der Waals surface area (Å²) in [6.45, 7) is 3.43. The average molecular weight is 403 g/mol. The van der Waals surface area contributed by atoms with Crippen LogP contribution in [0.25, 0.3) is 22.3 Å². The maximum Gasteiger partial charge on any atom is 0.163 e. The predicted molar refractivity (Wildman–Crippen MR) is 116 cm³/mol. The third-order valence-corrected chi connectivity index (χ3v) is 5.31. The number of hydrogen-bond acceptors (Lipinski definition) is 5. The molecular weight excluding hydrogens is 384 g/mol. The Balaban J connectivity index is 1.74. The molecule has 0 saturated heterocycles. The first kappa shape index (κ1) is 17.9. The van der Waals surface area contributed by atoms with Crippen molar-refractivity contribution >= 4 is 34.0 Å². The van der Waals surface area contributed by atoms with Crippen LogP contribution in [0.3, 0.4) is 0 Å². The highest BCUT2D eigenvalue weighted by Gasteiger charge is 2.25. The van der Waals surface area contributed by atoms with Crippen LogP contribution in [-0.4, -0.2) is 28.1 Å². The minimum absolute atomic E-state index is 0.609. The minimum atomic E-state index is 0.609. The summed E-state index contributed by atoms with van der Waals surface area (Å²) in [6, 6.07) is 15.9. The van der Waals surface area contributed by atoms with Crippen molar-refractivity contribution < 1.29 is 4.74 Å². The van der Waals surface area contributed by atoms with Gasteiger partial charge in [0.15, 0.2) is 5.82 Å². The monoisotopic (exact) mass is 402 g/mol. The molecule has 0 N–H and O–H groups in total. The van der Waals surface area contributed by atoms with E-state index in [2.05, 4.69) is 16.0 Å². The summed E-state index contributed by atoms with van der Waals surface area (Å²) in [6.07, 6.45) is 4.48. The highest BCUT2D eigenvalue weighted by molar-refractivity contribution is 6.31. The van der Waals surface area contributed by atoms with Crippen molar-refractivity contribution in [3.8, 4) is 17.1 Å². The zero-order valence-electron chi connectivity index (χ0n) is 16.0. The SMILES string of the molecule is CCOc1ccc2nc(-c3cccnc3)nc(N3CCc4ccc(Cl)cc43)c2c1. The molecule has 144 valence electrons. The van der Waals surface area contributed by atoms with Crippen molar-refractivity contribution in [1.29, 1.82) is 0 Å². The van der Waals surface area contributed by atoms with E-state index in [0.29, 0.717) is 12.4 Å². The molecule has 5 nitrogen and oxygen atoms in total. The van der Waals surface area contributed by atoms with Gasteiger partial charge in [-0.1, -0.05) is 17.7 Å². The van der Waals surface area contributed by atoms with E-state index in [9.17, 15) is 0 Å². The highest BCUT2D eigenvalue weighted by Crippen LogP contribution is 2.39. The summed E-state index contributed by atoms with van der Waals surface area (Å²) in [5.41, 5.74) is 4.12. The highest BCUT2D eigenvalue weighted by atomic mass is 35.5. The molecule has 2 aromatic heterocycles. The Kier molecular flexibility index (Phi) is 4.52. The number of benzene rings is 2. The van der Waals surface area contributed by atoms with Crippen molar-refractivity contribution in [2.45, 2.75) is 13.3 Å². The van der Waals surface area contributed by atoms with E-state index < -0.39 is 0 Å². The molecule has 29 heavy (non-hydrogen) atoms. The summed E-state index contributed by atoms with van der Waals surface area (Å²) in [5.74, 6) is 2.32. The Morgan fingerprint density at radius 1 is 1.10 bits per heavy atom. The van der Waals surface area contributed by atoms with Gasteiger partial charge in [0.1, 0.15) is 11.6 Å². The number of aromatic nitrogens is 3. The van der Waals surface area contributed by atoms with Gasteiger partial charge in [-0.15, -0.1) is 0 Å². The average Bonchev–Trinajstić information content (AvgIpc) is 3.17. The van der Waals surface area contributed by atoms with Gasteiger partial charge in [0.05, 0.1) is 12.1 Å². The largest absolute Gasteiger partial charge is 0.494 e. The van der Waals surface area contributed by atoms with Crippen molar-refractivity contribution in [2.24, 2.45) is 0 Å². The van der Waals surface area contributed by atoms with Crippen LogP contribution in [0.4, 0.5) is 11.5 Å². The normalized spacial score (nSPS) is 13.0. The smallest absolute Gasteiger partial charge is 0.163 e. The van der Waals surface area contributed by atoms with Crippen molar-refractivity contribution in [2.75, 3.05) is 18.1 Å². The Labute approximate surface area is 174 Å². The number of halogens is 1. The van der Waals surface area contributed by atoms with E-state index in [-0.39, 0.29) is 0 Å². The van der Waals surface area contributed by atoms with E-state index in [1.165, 1.54) is 5.56 Å². The maximum atomic E-state index is 6.30. The first-order chi connectivity index (χ1) is 14.2. The zero-order chi connectivity index (χ0) is 19.8. The second-order valence-corrected chi connectivity index (χ2v) is 7.34. The first-order valence-electron chi connectivity index (χ1n) is 9.64. The molecule has 0 radical (unpaired) electrons. The van der Waals surface area contributed by atoms with E-state index in [4.69, 9.17) is 26.3 Å². The lowest BCUT2D eigenvalue weighted by atomic mass is 10.1. The molecule has 0 unspecified atom stereocenters. The van der Waals surface area contributed by atoms with Gasteiger partial charge < -0.3 is 9.64 Å². The van der Waals surface area contributed by atoms with Crippen LogP contribution < -0.4 is 9.64 Å². The van der Waals surface area contributed by atoms with Gasteiger partial charge in [-0.05, 0) is 61.4 Å². The Morgan fingerprint density at radius 2 is 2.03 bits per heavy atom. The number of pyridine rings is 1. The number of fused-ring (bicyclic) bond motifs is 2. The van der Waals surface area contributed by atoms with Crippen LogP contribution >= 0.6 is 11.6 Å². The second kappa shape index (κ2) is 7.33. The second-order valence-electron chi connectivity index (χ2n) is 6.90. The molecule has 1 aliphatic heterocycles. The summed E-state index contributed by atoms with van der Waals surface area (Å²) >= 11 is 6.30. The first-order valence-corrected chi connectivity index (χ1v) is 10.0. The number of ether oxygens (including phenoxy) is 1. The minimum Gasteiger partial charge on any atom is -0.494 e. The van der Waals surface area contributed by atoms with Crippen molar-refractivity contribution in [3.05, 3.63) is 71.5 Å². The molecule has 0 bridgehead atoms. The molecule has 1 aliphatic rings. The van der Waals surface area contributed by atoms with Crippen LogP contribution in [-0.2, 0) is 6.42 Å². The standard InChI is InChI=1S/C23H19ClN4O/c1-2-29-18-7-8-20-19(13-18)23(27-22(26-20)16-4-3-10-25-14-16)28-11-9-15-5-6-17(24)12-21(15)28/h3-8,10,12-14H,2,9,11H2,1H3. The Bertz CT molecular complexity index is 1200. The number of hydrogen-bond donors (Lipinski definition) is 0. The van der Waals surface area contributed by atoms with Gasteiger partial charge >= 0.3 is 0 Å². The fourth-order valence-electron chi connectivity index (χ4n) is 3.75. The molecule has 0 atom stereocenters. The van der Waals surface area contributed by atoms with Crippen LogP contribution in [0, 0.1) is 0 Å². The van der Waals surface area contributed by atoms with Gasteiger partial charge in [-0.25, -0.2) is 9.97 Å². The van der Waals surface area contributed by atoms with Gasteiger partial charge in [0.2, 0.25) is 0 Å². The fourth-order valence-corrected chi connectivity index (χ4v) is 3.92. The van der Waals surface area contributed by atoms with Crippen LogP contribution in [0.5, 0.6) is 5.75 Å². The van der Waals surface area contributed by atoms with Gasteiger partial charge in [-0.2, -0.15) is 0 Å². The van der Waals surface area contributed by atoms with E-state index in [1.807, 2.05) is 49.4 Å². The third-order valence-electron chi connectivity index (χ3n) is 5.08. The van der Waals surface area contributed by atoms with E-state index in [1.54, 1.807) is 12.4 Å². The van der Waals surface area contributed by atoms with Crippen LogP contribution in [0.1, 0.15) is 12.5 Å². The predicted octanol–water partition coefficient (Wildman–Crippen LogP) is 5.44. The number of anilines is 2. The molecule has 5 rings (SSSR count). The maximum absolute atomic E-state index is 6.30. The number of rotatable bonds is 4. The van der Waals surface area contributed by atoms with Crippen molar-refractivity contribution in [1.82, 2.24) is 15.0 Å². The lowest BCUT2D eigenvalue weighted by Gasteiger charge is -2.21. The van der Waals surface area contributed by atoms with E-state index in [0.717, 1.165) is 51.7 Å². The third kappa shape index (κ3) is 3.28. The Morgan fingerprint density at radius 3 is 2.86 bits per heavy atom. The van der Waals surface area contributed by atoms with Gasteiger partial charge in [0.25, 0.3) is 0 Å². The fraction of sp³-hybridized carbons (Fsp3) is 0.174. The molecule has 0 fully saturated rings. The van der Waals surface area contributed by atoms with Crippen molar-refractivity contribution in [3.63, 3.8) is 0 Å². The molecule has 0 saturated carbocycles. The van der Waals surface area contributed by atoms with Gasteiger partial charge in [-0.3, -0.25) is 4.98 Å². The Hall–Kier alpha value is -3.18. The zero-order valence-corrected chi connectivity index (χ0v) is 16.7. The molecule has 0 aliphatic carbocycles. The molecular formula is C23H19ClN4O. The molecule has 0 amide bonds. The molecule has 0 spiro atoms. The summed E-state index contributed by atoms with van der Waals surface area (Å²) in [7, 11) is 0. The summed E-state index contributed by atoms with van der Waals surface area (Å²) < 4.78 is 5.73.